The lowest BCUT2D eigenvalue weighted by Gasteiger charge is -2.06. The third-order valence-corrected chi connectivity index (χ3v) is 6.23. The van der Waals surface area contributed by atoms with Crippen LogP contribution in [0.2, 0.25) is 0 Å². The van der Waals surface area contributed by atoms with Crippen molar-refractivity contribution in [3.05, 3.63) is 102 Å². The fraction of sp³-hybridized carbons (Fsp3) is 0.160. The fourth-order valence-electron chi connectivity index (χ4n) is 3.18. The molecule has 0 N–H and O–H groups in total. The van der Waals surface area contributed by atoms with Crippen molar-refractivity contribution in [1.82, 2.24) is 9.78 Å². The van der Waals surface area contributed by atoms with Crippen LogP contribution in [0.15, 0.2) is 96.0 Å². The average Bonchev–Trinajstić information content (AvgIpc) is 3.22. The van der Waals surface area contributed by atoms with Crippen LogP contribution in [-0.2, 0) is 27.5 Å². The van der Waals surface area contributed by atoms with Crippen LogP contribution in [0.5, 0.6) is 5.88 Å². The molecule has 0 bridgehead atoms. The first-order valence-corrected chi connectivity index (χ1v) is 11.7. The summed E-state index contributed by atoms with van der Waals surface area (Å²) < 4.78 is 37.7. The summed E-state index contributed by atoms with van der Waals surface area (Å²) >= 11 is 0. The predicted octanol–water partition coefficient (Wildman–Crippen LogP) is 4.84. The van der Waals surface area contributed by atoms with Gasteiger partial charge < -0.3 is 4.74 Å². The van der Waals surface area contributed by atoms with E-state index in [0.29, 0.717) is 12.5 Å². The molecular weight excluding hydrogens is 424 g/mol. The normalized spacial score (nSPS) is 11.4. The summed E-state index contributed by atoms with van der Waals surface area (Å²) in [6, 6.07) is 26.2. The van der Waals surface area contributed by atoms with Crippen molar-refractivity contribution in [1.29, 1.82) is 0 Å². The van der Waals surface area contributed by atoms with E-state index >= 15 is 0 Å². The van der Waals surface area contributed by atoms with Crippen LogP contribution in [0.3, 0.4) is 0 Å². The van der Waals surface area contributed by atoms with E-state index in [1.807, 2.05) is 73.8 Å². The Labute approximate surface area is 188 Å². The van der Waals surface area contributed by atoms with Crippen molar-refractivity contribution in [3.8, 4) is 17.0 Å². The fourth-order valence-corrected chi connectivity index (χ4v) is 4.08. The maximum absolute atomic E-state index is 12.4. The minimum Gasteiger partial charge on any atom is -0.471 e. The second-order valence-electron chi connectivity index (χ2n) is 7.34. The Balaban J connectivity index is 1.47. The van der Waals surface area contributed by atoms with Crippen LogP contribution in [0.25, 0.3) is 11.1 Å². The van der Waals surface area contributed by atoms with Gasteiger partial charge in [0.25, 0.3) is 10.1 Å². The monoisotopic (exact) mass is 448 g/mol. The molecule has 0 aliphatic heterocycles. The van der Waals surface area contributed by atoms with Gasteiger partial charge in [-0.15, -0.1) is 5.10 Å². The summed E-state index contributed by atoms with van der Waals surface area (Å²) in [6.45, 7) is 2.51. The summed E-state index contributed by atoms with van der Waals surface area (Å²) in [5.74, 6) is 0.487. The Morgan fingerprint density at radius 1 is 0.875 bits per heavy atom. The van der Waals surface area contributed by atoms with E-state index in [-0.39, 0.29) is 18.0 Å². The number of benzene rings is 3. The lowest BCUT2D eigenvalue weighted by atomic mass is 10.1. The van der Waals surface area contributed by atoms with Crippen molar-refractivity contribution in [2.24, 2.45) is 0 Å². The Morgan fingerprint density at radius 2 is 1.53 bits per heavy atom. The van der Waals surface area contributed by atoms with Crippen LogP contribution in [0.4, 0.5) is 0 Å². The molecule has 1 aromatic heterocycles. The van der Waals surface area contributed by atoms with Gasteiger partial charge >= 0.3 is 0 Å². The lowest BCUT2D eigenvalue weighted by Crippen LogP contribution is -2.12. The van der Waals surface area contributed by atoms with Gasteiger partial charge in [0.2, 0.25) is 5.88 Å². The molecule has 164 valence electrons. The quantitative estimate of drug-likeness (QED) is 0.343. The molecule has 1 heterocycles. The maximum atomic E-state index is 12.4. The molecule has 0 aliphatic rings. The van der Waals surface area contributed by atoms with Crippen molar-refractivity contribution in [3.63, 3.8) is 0 Å². The minimum absolute atomic E-state index is 0.0375. The molecule has 3 aromatic carbocycles. The molecule has 0 fully saturated rings. The molecule has 0 atom stereocenters. The molecule has 32 heavy (non-hydrogen) atoms. The zero-order valence-corrected chi connectivity index (χ0v) is 18.5. The zero-order chi connectivity index (χ0) is 22.4. The van der Waals surface area contributed by atoms with Crippen molar-refractivity contribution >= 4 is 10.1 Å². The van der Waals surface area contributed by atoms with Crippen LogP contribution < -0.4 is 4.74 Å². The highest BCUT2D eigenvalue weighted by Crippen LogP contribution is 2.29. The Bertz CT molecular complexity index is 1250. The molecule has 0 radical (unpaired) electrons. The number of hydrogen-bond acceptors (Lipinski definition) is 5. The van der Waals surface area contributed by atoms with Crippen molar-refractivity contribution in [2.45, 2.75) is 25.0 Å². The highest BCUT2D eigenvalue weighted by molar-refractivity contribution is 7.86. The van der Waals surface area contributed by atoms with Gasteiger partial charge in [-0.25, -0.2) is 0 Å². The zero-order valence-electron chi connectivity index (χ0n) is 17.7. The number of rotatable bonds is 9. The summed E-state index contributed by atoms with van der Waals surface area (Å²) in [4.78, 5) is 0.139. The maximum Gasteiger partial charge on any atom is 0.297 e. The number of aryl methyl sites for hydroxylation is 1. The molecule has 0 saturated carbocycles. The molecule has 4 rings (SSSR count). The SMILES string of the molecule is Cc1ccc(S(=O)(=O)OCCn2cc(-c3ccccc3)c(OCc3ccccc3)n2)cc1. The predicted molar refractivity (Wildman–Crippen MR) is 123 cm³/mol. The van der Waals surface area contributed by atoms with Crippen molar-refractivity contribution in [2.75, 3.05) is 6.61 Å². The lowest BCUT2D eigenvalue weighted by molar-refractivity contribution is 0.276. The van der Waals surface area contributed by atoms with E-state index in [1.165, 1.54) is 0 Å². The molecule has 0 amide bonds. The number of hydrogen-bond donors (Lipinski definition) is 0. The molecule has 6 nitrogen and oxygen atoms in total. The second-order valence-corrected chi connectivity index (χ2v) is 8.96. The average molecular weight is 449 g/mol. The molecule has 0 spiro atoms. The Kier molecular flexibility index (Phi) is 6.68. The standard InChI is InChI=1S/C25H24N2O4S/c1-20-12-14-23(15-13-20)32(28,29)31-17-16-27-18-24(22-10-6-3-7-11-22)25(26-27)30-19-21-8-4-2-5-9-21/h2-15,18H,16-17,19H2,1H3. The highest BCUT2D eigenvalue weighted by atomic mass is 32.2. The van der Waals surface area contributed by atoms with Gasteiger partial charge in [0.1, 0.15) is 6.61 Å². The van der Waals surface area contributed by atoms with E-state index in [1.54, 1.807) is 28.9 Å². The molecule has 7 heteroatoms. The summed E-state index contributed by atoms with van der Waals surface area (Å²) in [6.07, 6.45) is 1.84. The number of aromatic nitrogens is 2. The van der Waals surface area contributed by atoms with Gasteiger partial charge in [0.15, 0.2) is 0 Å². The third kappa shape index (κ3) is 5.43. The molecule has 0 unspecified atom stereocenters. The van der Waals surface area contributed by atoms with E-state index in [2.05, 4.69) is 5.10 Å². The number of ether oxygens (including phenoxy) is 1. The van der Waals surface area contributed by atoms with Gasteiger partial charge in [-0.3, -0.25) is 8.86 Å². The first-order valence-electron chi connectivity index (χ1n) is 10.3. The summed E-state index contributed by atoms with van der Waals surface area (Å²) in [5.41, 5.74) is 3.82. The van der Waals surface area contributed by atoms with Crippen LogP contribution in [0.1, 0.15) is 11.1 Å². The molecule has 0 saturated heterocycles. The number of nitrogens with zero attached hydrogens (tertiary/aromatic N) is 2. The molecule has 4 aromatic rings. The first kappa shape index (κ1) is 21.8. The van der Waals surface area contributed by atoms with Gasteiger partial charge in [-0.1, -0.05) is 78.4 Å². The van der Waals surface area contributed by atoms with Gasteiger partial charge in [-0.05, 0) is 30.2 Å². The van der Waals surface area contributed by atoms with Crippen LogP contribution in [0, 0.1) is 6.92 Å². The van der Waals surface area contributed by atoms with E-state index < -0.39 is 10.1 Å². The summed E-state index contributed by atoms with van der Waals surface area (Å²) in [7, 11) is -3.82. The van der Waals surface area contributed by atoms with Crippen LogP contribution in [-0.4, -0.2) is 24.8 Å². The van der Waals surface area contributed by atoms with Gasteiger partial charge in [-0.2, -0.15) is 8.42 Å². The third-order valence-electron chi connectivity index (χ3n) is 4.90. The Morgan fingerprint density at radius 3 is 2.22 bits per heavy atom. The summed E-state index contributed by atoms with van der Waals surface area (Å²) in [5, 5.41) is 4.53. The van der Waals surface area contributed by atoms with Crippen molar-refractivity contribution < 1.29 is 17.3 Å². The van der Waals surface area contributed by atoms with Gasteiger partial charge in [0, 0.05) is 6.20 Å². The second kappa shape index (κ2) is 9.80. The van der Waals surface area contributed by atoms with Crippen LogP contribution >= 0.6 is 0 Å². The smallest absolute Gasteiger partial charge is 0.297 e. The van der Waals surface area contributed by atoms with E-state index in [9.17, 15) is 8.42 Å². The van der Waals surface area contributed by atoms with E-state index in [0.717, 1.165) is 22.3 Å². The topological polar surface area (TPSA) is 70.4 Å². The largest absolute Gasteiger partial charge is 0.471 e. The van der Waals surface area contributed by atoms with E-state index in [4.69, 9.17) is 8.92 Å². The first-order chi connectivity index (χ1) is 15.5. The molecular formula is C25H24N2O4S. The molecule has 0 aliphatic carbocycles. The highest BCUT2D eigenvalue weighted by Gasteiger charge is 2.16. The van der Waals surface area contributed by atoms with Gasteiger partial charge in [0.05, 0.1) is 23.6 Å². The Hall–Kier alpha value is -3.42. The minimum atomic E-state index is -3.82.